The van der Waals surface area contributed by atoms with E-state index in [9.17, 15) is 14.7 Å². The number of aromatic amines is 1. The van der Waals surface area contributed by atoms with Gasteiger partial charge in [0.05, 0.1) is 12.9 Å². The Morgan fingerprint density at radius 3 is 2.75 bits per heavy atom. The zero-order chi connectivity index (χ0) is 20.1. The van der Waals surface area contributed by atoms with E-state index in [-0.39, 0.29) is 23.5 Å². The first-order valence-corrected chi connectivity index (χ1v) is 8.63. The van der Waals surface area contributed by atoms with Crippen LogP contribution in [0.3, 0.4) is 0 Å². The molecule has 28 heavy (non-hydrogen) atoms. The van der Waals surface area contributed by atoms with Crippen molar-refractivity contribution in [3.63, 3.8) is 0 Å². The number of methoxy groups -OCH3 is 1. The van der Waals surface area contributed by atoms with Gasteiger partial charge in [0, 0.05) is 13.5 Å². The van der Waals surface area contributed by atoms with Gasteiger partial charge in [-0.05, 0) is 12.0 Å². The number of anilines is 1. The van der Waals surface area contributed by atoms with Crippen LogP contribution in [0, 0.1) is 0 Å². The van der Waals surface area contributed by atoms with Gasteiger partial charge in [-0.3, -0.25) is 9.78 Å². The van der Waals surface area contributed by atoms with Crippen LogP contribution in [0.15, 0.2) is 41.5 Å². The zero-order valence-electron chi connectivity index (χ0n) is 15.2. The number of nitrogens with two attached hydrogens (primary N) is 1. The van der Waals surface area contributed by atoms with Gasteiger partial charge in [0.1, 0.15) is 6.04 Å². The smallest absolute Gasteiger partial charge is 0.326 e. The quantitative estimate of drug-likeness (QED) is 0.466. The standard InChI is InChI=1S/C18H21N5O5/c1-27-13(28-9-11-5-3-2-4-6-11)8-7-12(17(25)26)23-10-20-14-15(23)21-18(19)22-16(14)24/h2-6,10,12-13H,7-9H2,1H3,(H,25,26)(H3,19,21,22,24). The molecule has 0 saturated heterocycles. The van der Waals surface area contributed by atoms with Crippen molar-refractivity contribution < 1.29 is 19.4 Å². The Labute approximate surface area is 159 Å². The van der Waals surface area contributed by atoms with Crippen LogP contribution in [0.25, 0.3) is 11.2 Å². The van der Waals surface area contributed by atoms with Gasteiger partial charge in [-0.25, -0.2) is 9.78 Å². The average Bonchev–Trinajstić information content (AvgIpc) is 3.09. The van der Waals surface area contributed by atoms with Crippen LogP contribution in [-0.2, 0) is 20.9 Å². The van der Waals surface area contributed by atoms with Gasteiger partial charge in [0.2, 0.25) is 5.95 Å². The molecule has 0 amide bonds. The van der Waals surface area contributed by atoms with Gasteiger partial charge in [0.25, 0.3) is 5.56 Å². The summed E-state index contributed by atoms with van der Waals surface area (Å²) in [6, 6.07) is 8.58. The first kappa shape index (κ1) is 19.5. The maximum atomic E-state index is 11.9. The van der Waals surface area contributed by atoms with Crippen LogP contribution >= 0.6 is 0 Å². The summed E-state index contributed by atoms with van der Waals surface area (Å²) >= 11 is 0. The third-order valence-corrected chi connectivity index (χ3v) is 4.29. The number of nitrogen functional groups attached to an aromatic ring is 1. The first-order chi connectivity index (χ1) is 13.5. The highest BCUT2D eigenvalue weighted by atomic mass is 16.7. The van der Waals surface area contributed by atoms with Crippen molar-refractivity contribution in [2.45, 2.75) is 31.8 Å². The third-order valence-electron chi connectivity index (χ3n) is 4.29. The minimum atomic E-state index is -1.09. The lowest BCUT2D eigenvalue weighted by Gasteiger charge is -2.20. The van der Waals surface area contributed by atoms with Crippen molar-refractivity contribution in [1.29, 1.82) is 0 Å². The molecule has 4 N–H and O–H groups in total. The number of fused-ring (bicyclic) bond motifs is 1. The van der Waals surface area contributed by atoms with Crippen molar-refractivity contribution in [3.8, 4) is 0 Å². The summed E-state index contributed by atoms with van der Waals surface area (Å²) in [7, 11) is 1.50. The lowest BCUT2D eigenvalue weighted by Crippen LogP contribution is -2.23. The predicted octanol–water partition coefficient (Wildman–Crippen LogP) is 1.30. The van der Waals surface area contributed by atoms with Crippen LogP contribution in [-0.4, -0.2) is 44.0 Å². The summed E-state index contributed by atoms with van der Waals surface area (Å²) in [5, 5.41) is 9.66. The maximum absolute atomic E-state index is 11.9. The number of carbonyl (C=O) groups is 1. The second-order valence-corrected chi connectivity index (χ2v) is 6.17. The molecule has 0 aliphatic rings. The third kappa shape index (κ3) is 4.35. The van der Waals surface area contributed by atoms with Gasteiger partial charge in [-0.1, -0.05) is 30.3 Å². The fourth-order valence-corrected chi connectivity index (χ4v) is 2.88. The molecule has 0 radical (unpaired) electrons. The van der Waals surface area contributed by atoms with Crippen molar-refractivity contribution in [2.75, 3.05) is 12.8 Å². The minimum absolute atomic E-state index is 0.0315. The number of nitrogens with one attached hydrogen (secondary N) is 1. The zero-order valence-corrected chi connectivity index (χ0v) is 15.2. The number of nitrogens with zero attached hydrogens (tertiary/aromatic N) is 3. The molecule has 0 bridgehead atoms. The van der Waals surface area contributed by atoms with Crippen molar-refractivity contribution in [1.82, 2.24) is 19.5 Å². The summed E-state index contributed by atoms with van der Waals surface area (Å²) in [6.45, 7) is 0.346. The van der Waals surface area contributed by atoms with Crippen LogP contribution in [0.1, 0.15) is 24.4 Å². The van der Waals surface area contributed by atoms with Crippen molar-refractivity contribution in [3.05, 3.63) is 52.6 Å². The van der Waals surface area contributed by atoms with Crippen molar-refractivity contribution >= 4 is 23.1 Å². The van der Waals surface area contributed by atoms with E-state index in [1.165, 1.54) is 18.0 Å². The highest BCUT2D eigenvalue weighted by Crippen LogP contribution is 2.21. The summed E-state index contributed by atoms with van der Waals surface area (Å²) in [5.41, 5.74) is 6.19. The molecule has 0 saturated carbocycles. The first-order valence-electron chi connectivity index (χ1n) is 8.63. The fourth-order valence-electron chi connectivity index (χ4n) is 2.88. The number of imidazole rings is 1. The highest BCUT2D eigenvalue weighted by Gasteiger charge is 2.25. The molecule has 2 aromatic heterocycles. The molecule has 0 aliphatic heterocycles. The van der Waals surface area contributed by atoms with Crippen LogP contribution in [0.2, 0.25) is 0 Å². The highest BCUT2D eigenvalue weighted by molar-refractivity contribution is 5.77. The number of benzene rings is 1. The van der Waals surface area contributed by atoms with E-state index in [0.29, 0.717) is 13.0 Å². The average molecular weight is 387 g/mol. The fraction of sp³-hybridized carbons (Fsp3) is 0.333. The number of rotatable bonds is 9. The van der Waals surface area contributed by atoms with E-state index in [2.05, 4.69) is 15.0 Å². The lowest BCUT2D eigenvalue weighted by molar-refractivity contribution is -0.146. The number of hydrogen-bond acceptors (Lipinski definition) is 7. The molecule has 10 heteroatoms. The minimum Gasteiger partial charge on any atom is -0.480 e. The molecule has 1 aromatic carbocycles. The molecule has 0 fully saturated rings. The van der Waals surface area contributed by atoms with E-state index in [1.807, 2.05) is 30.3 Å². The van der Waals surface area contributed by atoms with Crippen LogP contribution < -0.4 is 11.3 Å². The SMILES string of the molecule is COC(CCC(C(=O)O)n1cnc2c(=O)[nH]c(N)nc21)OCc1ccccc1. The largest absolute Gasteiger partial charge is 0.480 e. The molecule has 3 rings (SSSR count). The molecular formula is C18H21N5O5. The van der Waals surface area contributed by atoms with E-state index >= 15 is 0 Å². The van der Waals surface area contributed by atoms with Crippen molar-refractivity contribution in [2.24, 2.45) is 0 Å². The molecular weight excluding hydrogens is 366 g/mol. The number of carboxylic acids is 1. The molecule has 148 valence electrons. The number of aromatic nitrogens is 4. The second-order valence-electron chi connectivity index (χ2n) is 6.17. The van der Waals surface area contributed by atoms with E-state index in [1.54, 1.807) is 0 Å². The molecule has 0 spiro atoms. The maximum Gasteiger partial charge on any atom is 0.326 e. The lowest BCUT2D eigenvalue weighted by atomic mass is 10.1. The summed E-state index contributed by atoms with van der Waals surface area (Å²) in [4.78, 5) is 34.0. The molecule has 3 aromatic rings. The monoisotopic (exact) mass is 387 g/mol. The summed E-state index contributed by atoms with van der Waals surface area (Å²) < 4.78 is 12.4. The number of carboxylic acid groups (broad SMARTS) is 1. The van der Waals surface area contributed by atoms with Gasteiger partial charge >= 0.3 is 5.97 Å². The Kier molecular flexibility index (Phi) is 6.02. The summed E-state index contributed by atoms with van der Waals surface area (Å²) in [5.74, 6) is -1.19. The number of ether oxygens (including phenoxy) is 2. The van der Waals surface area contributed by atoms with Gasteiger partial charge in [-0.15, -0.1) is 0 Å². The van der Waals surface area contributed by atoms with E-state index < -0.39 is 23.9 Å². The normalized spacial score (nSPS) is 13.5. The molecule has 0 aliphatic carbocycles. The molecule has 2 atom stereocenters. The Morgan fingerprint density at radius 2 is 2.07 bits per heavy atom. The van der Waals surface area contributed by atoms with Gasteiger partial charge < -0.3 is 24.9 Å². The van der Waals surface area contributed by atoms with Crippen LogP contribution in [0.5, 0.6) is 0 Å². The van der Waals surface area contributed by atoms with E-state index in [4.69, 9.17) is 15.2 Å². The number of hydrogen-bond donors (Lipinski definition) is 3. The molecule has 10 nitrogen and oxygen atoms in total. The second kappa shape index (κ2) is 8.63. The number of aliphatic carboxylic acids is 1. The molecule has 2 heterocycles. The van der Waals surface area contributed by atoms with Crippen LogP contribution in [0.4, 0.5) is 5.95 Å². The predicted molar refractivity (Wildman–Crippen MR) is 100 cm³/mol. The molecule has 2 unspecified atom stereocenters. The van der Waals surface area contributed by atoms with Gasteiger partial charge in [0.15, 0.2) is 17.5 Å². The Balaban J connectivity index is 1.73. The Bertz CT molecular complexity index is 1000. The van der Waals surface area contributed by atoms with E-state index in [0.717, 1.165) is 5.56 Å². The Morgan fingerprint density at radius 1 is 1.32 bits per heavy atom. The number of H-pyrrole nitrogens is 1. The Hall–Kier alpha value is -3.24. The summed E-state index contributed by atoms with van der Waals surface area (Å²) in [6.07, 6.45) is 1.19. The topological polar surface area (TPSA) is 145 Å². The van der Waals surface area contributed by atoms with Gasteiger partial charge in [-0.2, -0.15) is 4.98 Å².